The Hall–Kier alpha value is -2.66. The number of rotatable bonds is 4. The molecule has 2 heterocycles. The van der Waals surface area contributed by atoms with Crippen molar-refractivity contribution >= 4 is 11.8 Å². The molecule has 1 atom stereocenters. The first kappa shape index (κ1) is 18.7. The van der Waals surface area contributed by atoms with Gasteiger partial charge in [-0.1, -0.05) is 48.0 Å². The lowest BCUT2D eigenvalue weighted by molar-refractivity contribution is -0.134. The summed E-state index contributed by atoms with van der Waals surface area (Å²) in [4.78, 5) is 32.2. The minimum atomic E-state index is -0.243. The van der Waals surface area contributed by atoms with E-state index in [9.17, 15) is 9.59 Å². The highest BCUT2D eigenvalue weighted by Crippen LogP contribution is 2.34. The van der Waals surface area contributed by atoms with Gasteiger partial charge in [0, 0.05) is 38.3 Å². The predicted molar refractivity (Wildman–Crippen MR) is 109 cm³/mol. The first-order valence-corrected chi connectivity index (χ1v) is 9.94. The van der Waals surface area contributed by atoms with E-state index in [0.29, 0.717) is 13.0 Å². The van der Waals surface area contributed by atoms with Crippen molar-refractivity contribution in [2.45, 2.75) is 25.9 Å². The van der Waals surface area contributed by atoms with E-state index in [2.05, 4.69) is 24.1 Å². The maximum atomic E-state index is 13.1. The van der Waals surface area contributed by atoms with Crippen LogP contribution >= 0.6 is 0 Å². The molecule has 28 heavy (non-hydrogen) atoms. The molecule has 0 spiro atoms. The molecule has 5 nitrogen and oxygen atoms in total. The van der Waals surface area contributed by atoms with Crippen LogP contribution in [0.25, 0.3) is 0 Å². The van der Waals surface area contributed by atoms with Crippen LogP contribution in [0.5, 0.6) is 0 Å². The highest BCUT2D eigenvalue weighted by Gasteiger charge is 2.35. The summed E-state index contributed by atoms with van der Waals surface area (Å²) < 4.78 is 0. The highest BCUT2D eigenvalue weighted by molar-refractivity contribution is 5.98. The molecule has 2 aromatic carbocycles. The quantitative estimate of drug-likeness (QED) is 0.823. The van der Waals surface area contributed by atoms with Crippen LogP contribution < -0.4 is 0 Å². The standard InChI is InChI=1S/C23H27N3O2/c1-17-7-9-18(10-8-17)21(15-22(27)25-13-11-24(2)12-14-25)26-16-19-5-3-4-6-20(19)23(26)28/h3-10,21H,11-16H2,1-2H3/t21-/m0/s1. The zero-order valence-electron chi connectivity index (χ0n) is 16.6. The number of piperazine rings is 1. The van der Waals surface area contributed by atoms with Gasteiger partial charge in [-0.3, -0.25) is 9.59 Å². The average molecular weight is 377 g/mol. The molecule has 0 bridgehead atoms. The van der Waals surface area contributed by atoms with Crippen LogP contribution in [0.2, 0.25) is 0 Å². The summed E-state index contributed by atoms with van der Waals surface area (Å²) in [5.41, 5.74) is 3.99. The van der Waals surface area contributed by atoms with E-state index >= 15 is 0 Å². The SMILES string of the molecule is Cc1ccc([C@H](CC(=O)N2CCN(C)CC2)N2Cc3ccccc3C2=O)cc1. The summed E-state index contributed by atoms with van der Waals surface area (Å²) in [5, 5.41) is 0. The summed E-state index contributed by atoms with van der Waals surface area (Å²) in [5.74, 6) is 0.148. The van der Waals surface area contributed by atoms with Crippen LogP contribution in [0.3, 0.4) is 0 Å². The van der Waals surface area contributed by atoms with Gasteiger partial charge in [0.15, 0.2) is 0 Å². The number of fused-ring (bicyclic) bond motifs is 1. The molecular weight excluding hydrogens is 350 g/mol. The molecule has 1 fully saturated rings. The summed E-state index contributed by atoms with van der Waals surface area (Å²) >= 11 is 0. The Labute approximate surface area is 166 Å². The third-order valence-electron chi connectivity index (χ3n) is 5.91. The predicted octanol–water partition coefficient (Wildman–Crippen LogP) is 2.86. The Morgan fingerprint density at radius 1 is 1.00 bits per heavy atom. The van der Waals surface area contributed by atoms with Crippen molar-refractivity contribution in [3.05, 3.63) is 70.8 Å². The fourth-order valence-electron chi connectivity index (χ4n) is 4.08. The second kappa shape index (κ2) is 7.76. The van der Waals surface area contributed by atoms with Gasteiger partial charge in [-0.05, 0) is 31.2 Å². The van der Waals surface area contributed by atoms with Gasteiger partial charge in [0.25, 0.3) is 5.91 Å². The Bertz CT molecular complexity index is 870. The fourth-order valence-corrected chi connectivity index (χ4v) is 4.08. The van der Waals surface area contributed by atoms with Gasteiger partial charge in [0.05, 0.1) is 12.5 Å². The van der Waals surface area contributed by atoms with Gasteiger partial charge in [-0.15, -0.1) is 0 Å². The molecule has 0 radical (unpaired) electrons. The molecule has 4 rings (SSSR count). The van der Waals surface area contributed by atoms with Crippen molar-refractivity contribution in [3.63, 3.8) is 0 Å². The lowest BCUT2D eigenvalue weighted by Gasteiger charge is -2.35. The number of carbonyl (C=O) groups is 2. The molecule has 0 aliphatic carbocycles. The first-order valence-electron chi connectivity index (χ1n) is 9.94. The first-order chi connectivity index (χ1) is 13.5. The highest BCUT2D eigenvalue weighted by atomic mass is 16.2. The molecule has 0 unspecified atom stereocenters. The minimum Gasteiger partial charge on any atom is -0.340 e. The number of carbonyl (C=O) groups excluding carboxylic acids is 2. The monoisotopic (exact) mass is 377 g/mol. The van der Waals surface area contributed by atoms with E-state index in [-0.39, 0.29) is 17.9 Å². The molecule has 2 aliphatic heterocycles. The Morgan fingerprint density at radius 2 is 1.68 bits per heavy atom. The second-order valence-corrected chi connectivity index (χ2v) is 7.90. The van der Waals surface area contributed by atoms with Gasteiger partial charge in [0.1, 0.15) is 0 Å². The normalized spacial score (nSPS) is 18.3. The molecule has 2 aromatic rings. The van der Waals surface area contributed by atoms with Crippen LogP contribution in [0.4, 0.5) is 0 Å². The number of aryl methyl sites for hydroxylation is 1. The van der Waals surface area contributed by atoms with Crippen LogP contribution in [0.1, 0.15) is 39.5 Å². The van der Waals surface area contributed by atoms with Crippen LogP contribution in [0.15, 0.2) is 48.5 Å². The topological polar surface area (TPSA) is 43.9 Å². The molecule has 5 heteroatoms. The summed E-state index contributed by atoms with van der Waals surface area (Å²) in [6.45, 7) is 5.91. The van der Waals surface area contributed by atoms with E-state index < -0.39 is 0 Å². The number of amides is 2. The van der Waals surface area contributed by atoms with Crippen LogP contribution in [-0.2, 0) is 11.3 Å². The Morgan fingerprint density at radius 3 is 2.36 bits per heavy atom. The number of hydrogen-bond donors (Lipinski definition) is 0. The van der Waals surface area contributed by atoms with Crippen LogP contribution in [-0.4, -0.2) is 59.7 Å². The fraction of sp³-hybridized carbons (Fsp3) is 0.391. The molecule has 0 saturated carbocycles. The number of hydrogen-bond acceptors (Lipinski definition) is 3. The molecule has 2 aliphatic rings. The van der Waals surface area contributed by atoms with Gasteiger partial charge in [0.2, 0.25) is 5.91 Å². The van der Waals surface area contributed by atoms with Crippen molar-refractivity contribution in [1.29, 1.82) is 0 Å². The van der Waals surface area contributed by atoms with Crippen molar-refractivity contribution < 1.29 is 9.59 Å². The maximum absolute atomic E-state index is 13.1. The van der Waals surface area contributed by atoms with E-state index in [1.165, 1.54) is 5.56 Å². The zero-order chi connectivity index (χ0) is 19.7. The number of benzene rings is 2. The van der Waals surface area contributed by atoms with E-state index in [0.717, 1.165) is 42.9 Å². The van der Waals surface area contributed by atoms with Gasteiger partial charge < -0.3 is 14.7 Å². The molecule has 146 valence electrons. The lowest BCUT2D eigenvalue weighted by atomic mass is 9.99. The maximum Gasteiger partial charge on any atom is 0.255 e. The molecule has 2 amide bonds. The third kappa shape index (κ3) is 3.67. The van der Waals surface area contributed by atoms with Crippen molar-refractivity contribution in [2.24, 2.45) is 0 Å². The summed E-state index contributed by atoms with van der Waals surface area (Å²) in [7, 11) is 2.08. The molecule has 0 N–H and O–H groups in total. The van der Waals surface area contributed by atoms with Crippen LogP contribution in [0, 0.1) is 6.92 Å². The minimum absolute atomic E-state index is 0.0207. The van der Waals surface area contributed by atoms with Crippen molar-refractivity contribution in [2.75, 3.05) is 33.2 Å². The smallest absolute Gasteiger partial charge is 0.255 e. The van der Waals surface area contributed by atoms with Crippen molar-refractivity contribution in [1.82, 2.24) is 14.7 Å². The van der Waals surface area contributed by atoms with E-state index in [1.807, 2.05) is 53.1 Å². The molecule has 0 aromatic heterocycles. The Balaban J connectivity index is 1.59. The summed E-state index contributed by atoms with van der Waals surface area (Å²) in [6, 6.07) is 15.7. The van der Waals surface area contributed by atoms with Gasteiger partial charge >= 0.3 is 0 Å². The molecular formula is C23H27N3O2. The largest absolute Gasteiger partial charge is 0.340 e. The summed E-state index contributed by atoms with van der Waals surface area (Å²) in [6.07, 6.45) is 0.326. The van der Waals surface area contributed by atoms with Gasteiger partial charge in [-0.25, -0.2) is 0 Å². The second-order valence-electron chi connectivity index (χ2n) is 7.90. The van der Waals surface area contributed by atoms with Gasteiger partial charge in [-0.2, -0.15) is 0 Å². The van der Waals surface area contributed by atoms with Crippen molar-refractivity contribution in [3.8, 4) is 0 Å². The van der Waals surface area contributed by atoms with E-state index in [4.69, 9.17) is 0 Å². The third-order valence-corrected chi connectivity index (χ3v) is 5.91. The molecule has 1 saturated heterocycles. The number of likely N-dealkylation sites (N-methyl/N-ethyl adjacent to an activating group) is 1. The average Bonchev–Trinajstić information content (AvgIpc) is 3.04. The number of nitrogens with zero attached hydrogens (tertiary/aromatic N) is 3. The van der Waals surface area contributed by atoms with E-state index in [1.54, 1.807) is 0 Å². The Kier molecular flexibility index (Phi) is 5.18. The zero-order valence-corrected chi connectivity index (χ0v) is 16.6. The lowest BCUT2D eigenvalue weighted by Crippen LogP contribution is -2.48.